The standard InChI is InChI=1S/C18H18N2O4/c1-11(19-18(22)13-5-3-4-6-15(13)23-2)12-7-8-16-14(9-12)20-17(21)10-24-16/h3-9,11H,10H2,1-2H3,(H,19,22)(H,20,21). The second-order valence-corrected chi connectivity index (χ2v) is 5.49. The van der Waals surface area contributed by atoms with Crippen molar-refractivity contribution in [1.82, 2.24) is 5.32 Å². The molecule has 0 radical (unpaired) electrons. The number of ether oxygens (including phenoxy) is 2. The zero-order chi connectivity index (χ0) is 17.1. The third-order valence-electron chi connectivity index (χ3n) is 3.84. The molecular formula is C18H18N2O4. The molecule has 3 rings (SSSR count). The Morgan fingerprint density at radius 1 is 1.29 bits per heavy atom. The summed E-state index contributed by atoms with van der Waals surface area (Å²) in [5, 5.41) is 5.69. The molecule has 6 nitrogen and oxygen atoms in total. The van der Waals surface area contributed by atoms with Crippen molar-refractivity contribution in [3.05, 3.63) is 53.6 Å². The summed E-state index contributed by atoms with van der Waals surface area (Å²) in [6.45, 7) is 1.90. The number of anilines is 1. The lowest BCUT2D eigenvalue weighted by Crippen LogP contribution is -2.28. The number of hydrogen-bond donors (Lipinski definition) is 2. The van der Waals surface area contributed by atoms with Crippen LogP contribution in [-0.4, -0.2) is 25.5 Å². The molecule has 0 saturated heterocycles. The quantitative estimate of drug-likeness (QED) is 0.905. The average Bonchev–Trinajstić information content (AvgIpc) is 2.60. The number of carbonyl (C=O) groups is 2. The van der Waals surface area contributed by atoms with E-state index in [1.807, 2.05) is 19.1 Å². The van der Waals surface area contributed by atoms with E-state index < -0.39 is 0 Å². The molecule has 1 heterocycles. The first-order chi connectivity index (χ1) is 11.6. The van der Waals surface area contributed by atoms with Crippen LogP contribution in [0, 0.1) is 0 Å². The van der Waals surface area contributed by atoms with E-state index in [1.165, 1.54) is 7.11 Å². The fourth-order valence-electron chi connectivity index (χ4n) is 2.56. The van der Waals surface area contributed by atoms with Crippen LogP contribution in [0.15, 0.2) is 42.5 Å². The molecule has 2 aromatic carbocycles. The van der Waals surface area contributed by atoms with Gasteiger partial charge in [-0.05, 0) is 36.8 Å². The van der Waals surface area contributed by atoms with E-state index in [-0.39, 0.29) is 24.5 Å². The minimum atomic E-state index is -0.244. The summed E-state index contributed by atoms with van der Waals surface area (Å²) in [4.78, 5) is 23.9. The first-order valence-corrected chi connectivity index (χ1v) is 7.59. The van der Waals surface area contributed by atoms with Crippen LogP contribution >= 0.6 is 0 Å². The fourth-order valence-corrected chi connectivity index (χ4v) is 2.56. The number of nitrogens with one attached hydrogen (secondary N) is 2. The Balaban J connectivity index is 1.77. The molecule has 1 aliphatic rings. The lowest BCUT2D eigenvalue weighted by Gasteiger charge is -2.21. The summed E-state index contributed by atoms with van der Waals surface area (Å²) in [6.07, 6.45) is 0. The van der Waals surface area contributed by atoms with Gasteiger partial charge in [0.05, 0.1) is 24.4 Å². The fraction of sp³-hybridized carbons (Fsp3) is 0.222. The van der Waals surface area contributed by atoms with Crippen LogP contribution in [-0.2, 0) is 4.79 Å². The number of fused-ring (bicyclic) bond motifs is 1. The lowest BCUT2D eigenvalue weighted by atomic mass is 10.1. The number of carbonyl (C=O) groups excluding carboxylic acids is 2. The van der Waals surface area contributed by atoms with Crippen molar-refractivity contribution in [3.8, 4) is 11.5 Å². The van der Waals surface area contributed by atoms with Gasteiger partial charge in [0.1, 0.15) is 11.5 Å². The second-order valence-electron chi connectivity index (χ2n) is 5.49. The van der Waals surface area contributed by atoms with E-state index in [9.17, 15) is 9.59 Å². The molecule has 1 unspecified atom stereocenters. The molecule has 24 heavy (non-hydrogen) atoms. The van der Waals surface area contributed by atoms with Gasteiger partial charge in [0.25, 0.3) is 11.8 Å². The van der Waals surface area contributed by atoms with Gasteiger partial charge in [-0.2, -0.15) is 0 Å². The molecule has 1 atom stereocenters. The number of methoxy groups -OCH3 is 1. The Morgan fingerprint density at radius 2 is 2.08 bits per heavy atom. The molecular weight excluding hydrogens is 308 g/mol. The largest absolute Gasteiger partial charge is 0.496 e. The predicted molar refractivity (Wildman–Crippen MR) is 89.4 cm³/mol. The smallest absolute Gasteiger partial charge is 0.262 e. The van der Waals surface area contributed by atoms with Crippen LogP contribution in [0.3, 0.4) is 0 Å². The number of amides is 2. The molecule has 0 fully saturated rings. The van der Waals surface area contributed by atoms with E-state index in [4.69, 9.17) is 9.47 Å². The summed E-state index contributed by atoms with van der Waals surface area (Å²) in [7, 11) is 1.53. The molecule has 0 saturated carbocycles. The Kier molecular flexibility index (Phi) is 4.37. The summed E-state index contributed by atoms with van der Waals surface area (Å²) in [5.41, 5.74) is 1.95. The third kappa shape index (κ3) is 3.17. The molecule has 0 aliphatic carbocycles. The molecule has 2 N–H and O–H groups in total. The number of para-hydroxylation sites is 1. The van der Waals surface area contributed by atoms with E-state index in [1.54, 1.807) is 30.3 Å². The van der Waals surface area contributed by atoms with E-state index >= 15 is 0 Å². The van der Waals surface area contributed by atoms with Gasteiger partial charge < -0.3 is 20.1 Å². The van der Waals surface area contributed by atoms with Crippen LogP contribution in [0.25, 0.3) is 0 Å². The predicted octanol–water partition coefficient (Wildman–Crippen LogP) is 2.52. The molecule has 124 valence electrons. The maximum absolute atomic E-state index is 12.5. The SMILES string of the molecule is COc1ccccc1C(=O)NC(C)c1ccc2c(c1)NC(=O)CO2. The number of rotatable bonds is 4. The highest BCUT2D eigenvalue weighted by molar-refractivity contribution is 5.97. The maximum atomic E-state index is 12.5. The third-order valence-corrected chi connectivity index (χ3v) is 3.84. The average molecular weight is 326 g/mol. The molecule has 6 heteroatoms. The van der Waals surface area contributed by atoms with Crippen LogP contribution in [0.4, 0.5) is 5.69 Å². The van der Waals surface area contributed by atoms with Gasteiger partial charge in [0, 0.05) is 0 Å². The van der Waals surface area contributed by atoms with Crippen LogP contribution < -0.4 is 20.1 Å². The van der Waals surface area contributed by atoms with Crippen molar-refractivity contribution >= 4 is 17.5 Å². The minimum Gasteiger partial charge on any atom is -0.496 e. The summed E-state index contributed by atoms with van der Waals surface area (Å²) < 4.78 is 10.6. The van der Waals surface area contributed by atoms with Crippen molar-refractivity contribution in [3.63, 3.8) is 0 Å². The Labute approximate surface area is 139 Å². The van der Waals surface area contributed by atoms with E-state index in [2.05, 4.69) is 10.6 Å². The number of benzene rings is 2. The molecule has 0 spiro atoms. The van der Waals surface area contributed by atoms with Crippen LogP contribution in [0.2, 0.25) is 0 Å². The summed E-state index contributed by atoms with van der Waals surface area (Å²) >= 11 is 0. The van der Waals surface area contributed by atoms with Crippen molar-refractivity contribution in [1.29, 1.82) is 0 Å². The monoisotopic (exact) mass is 326 g/mol. The Hall–Kier alpha value is -3.02. The summed E-state index contributed by atoms with van der Waals surface area (Å²) in [5.74, 6) is 0.734. The van der Waals surface area contributed by atoms with E-state index in [0.29, 0.717) is 22.7 Å². The molecule has 0 bridgehead atoms. The van der Waals surface area contributed by atoms with Crippen LogP contribution in [0.5, 0.6) is 11.5 Å². The zero-order valence-electron chi connectivity index (χ0n) is 13.5. The Morgan fingerprint density at radius 3 is 2.88 bits per heavy atom. The van der Waals surface area contributed by atoms with Crippen molar-refractivity contribution in [2.24, 2.45) is 0 Å². The Bertz CT molecular complexity index is 788. The van der Waals surface area contributed by atoms with Gasteiger partial charge in [0.2, 0.25) is 0 Å². The maximum Gasteiger partial charge on any atom is 0.262 e. The van der Waals surface area contributed by atoms with Crippen LogP contribution in [0.1, 0.15) is 28.9 Å². The topological polar surface area (TPSA) is 76.7 Å². The van der Waals surface area contributed by atoms with Crippen molar-refractivity contribution in [2.45, 2.75) is 13.0 Å². The van der Waals surface area contributed by atoms with Gasteiger partial charge >= 0.3 is 0 Å². The van der Waals surface area contributed by atoms with Gasteiger partial charge in [-0.25, -0.2) is 0 Å². The van der Waals surface area contributed by atoms with Gasteiger partial charge in [-0.1, -0.05) is 18.2 Å². The highest BCUT2D eigenvalue weighted by atomic mass is 16.5. The van der Waals surface area contributed by atoms with Gasteiger partial charge in [-0.15, -0.1) is 0 Å². The van der Waals surface area contributed by atoms with Gasteiger partial charge in [0.15, 0.2) is 6.61 Å². The first kappa shape index (κ1) is 15.9. The number of hydrogen-bond acceptors (Lipinski definition) is 4. The summed E-state index contributed by atoms with van der Waals surface area (Å²) in [6, 6.07) is 12.3. The second kappa shape index (κ2) is 6.62. The van der Waals surface area contributed by atoms with E-state index in [0.717, 1.165) is 5.56 Å². The molecule has 0 aromatic heterocycles. The normalized spacial score (nSPS) is 14.0. The minimum absolute atomic E-state index is 0.0203. The molecule has 2 aromatic rings. The van der Waals surface area contributed by atoms with Crippen molar-refractivity contribution < 1.29 is 19.1 Å². The zero-order valence-corrected chi connectivity index (χ0v) is 13.5. The van der Waals surface area contributed by atoms with Crippen molar-refractivity contribution in [2.75, 3.05) is 19.0 Å². The lowest BCUT2D eigenvalue weighted by molar-refractivity contribution is -0.118. The highest BCUT2D eigenvalue weighted by Gasteiger charge is 2.19. The first-order valence-electron chi connectivity index (χ1n) is 7.59. The highest BCUT2D eigenvalue weighted by Crippen LogP contribution is 2.30. The molecule has 2 amide bonds. The molecule has 1 aliphatic heterocycles. The van der Waals surface area contributed by atoms with Gasteiger partial charge in [-0.3, -0.25) is 9.59 Å².